The maximum atomic E-state index is 13.1. The molecule has 1 N–H and O–H groups in total. The van der Waals surface area contributed by atoms with Gasteiger partial charge in [0.05, 0.1) is 21.8 Å². The molecule has 1 heterocycles. The predicted octanol–water partition coefficient (Wildman–Crippen LogP) is 5.11. The molecule has 4 aromatic rings. The number of para-hydroxylation sites is 1. The van der Waals surface area contributed by atoms with Crippen molar-refractivity contribution in [1.29, 1.82) is 0 Å². The molecule has 9 heteroatoms. The Kier molecular flexibility index (Phi) is 6.29. The lowest BCUT2D eigenvalue weighted by molar-refractivity contribution is 0.0470. The number of carbonyl (C=O) groups excluding carboxylic acids is 1. The van der Waals surface area contributed by atoms with Crippen molar-refractivity contribution < 1.29 is 22.3 Å². The van der Waals surface area contributed by atoms with Crippen molar-refractivity contribution >= 4 is 33.0 Å². The fraction of sp³-hybridized carbons (Fsp3) is 0.0435. The Balaban J connectivity index is 1.47. The molecule has 0 unspecified atom stereocenters. The largest absolute Gasteiger partial charge is 0.455 e. The van der Waals surface area contributed by atoms with Gasteiger partial charge in [0.2, 0.25) is 0 Å². The van der Waals surface area contributed by atoms with Gasteiger partial charge in [-0.1, -0.05) is 42.5 Å². The molecule has 162 valence electrons. The Morgan fingerprint density at radius 1 is 0.969 bits per heavy atom. The number of aromatic nitrogens is 1. The number of benzene rings is 3. The second-order valence-electron chi connectivity index (χ2n) is 6.69. The molecule has 0 saturated heterocycles. The van der Waals surface area contributed by atoms with Crippen LogP contribution in [-0.2, 0) is 21.4 Å². The van der Waals surface area contributed by atoms with E-state index in [-0.39, 0.29) is 22.8 Å². The van der Waals surface area contributed by atoms with Crippen LogP contribution in [0.25, 0.3) is 10.6 Å². The van der Waals surface area contributed by atoms with E-state index in [0.717, 1.165) is 34.8 Å². The third-order valence-electron chi connectivity index (χ3n) is 4.44. The van der Waals surface area contributed by atoms with E-state index in [1.54, 1.807) is 17.5 Å². The van der Waals surface area contributed by atoms with Crippen LogP contribution in [0, 0.1) is 5.82 Å². The Bertz CT molecular complexity index is 1340. The molecular weight excluding hydrogens is 451 g/mol. The smallest absolute Gasteiger partial charge is 0.340 e. The number of anilines is 1. The third kappa shape index (κ3) is 5.01. The van der Waals surface area contributed by atoms with E-state index in [0.29, 0.717) is 5.69 Å². The van der Waals surface area contributed by atoms with E-state index in [1.165, 1.54) is 23.5 Å². The summed E-state index contributed by atoms with van der Waals surface area (Å²) < 4.78 is 46.1. The molecule has 0 aliphatic rings. The zero-order valence-corrected chi connectivity index (χ0v) is 18.2. The van der Waals surface area contributed by atoms with Gasteiger partial charge in [0.1, 0.15) is 17.4 Å². The van der Waals surface area contributed by atoms with E-state index in [2.05, 4.69) is 9.71 Å². The van der Waals surface area contributed by atoms with Crippen molar-refractivity contribution in [3.05, 3.63) is 101 Å². The summed E-state index contributed by atoms with van der Waals surface area (Å²) in [6, 6.07) is 20.1. The Labute approximate surface area is 188 Å². The molecule has 0 spiro atoms. The van der Waals surface area contributed by atoms with Gasteiger partial charge in [-0.3, -0.25) is 4.72 Å². The topological polar surface area (TPSA) is 85.4 Å². The summed E-state index contributed by atoms with van der Waals surface area (Å²) in [5.74, 6) is -1.25. The first-order chi connectivity index (χ1) is 15.4. The Morgan fingerprint density at radius 3 is 2.41 bits per heavy atom. The van der Waals surface area contributed by atoms with E-state index in [9.17, 15) is 17.6 Å². The lowest BCUT2D eigenvalue weighted by atomic mass is 10.2. The van der Waals surface area contributed by atoms with Crippen LogP contribution >= 0.6 is 11.3 Å². The molecule has 4 rings (SSSR count). The average molecular weight is 469 g/mol. The average Bonchev–Trinajstić information content (AvgIpc) is 3.28. The third-order valence-corrected chi connectivity index (χ3v) is 6.76. The first-order valence-corrected chi connectivity index (χ1v) is 11.8. The van der Waals surface area contributed by atoms with Crippen LogP contribution in [0.5, 0.6) is 0 Å². The zero-order valence-electron chi connectivity index (χ0n) is 16.6. The summed E-state index contributed by atoms with van der Waals surface area (Å²) in [5.41, 5.74) is 1.67. The molecular formula is C23H17FN2O4S2. The second-order valence-corrected chi connectivity index (χ2v) is 9.23. The lowest BCUT2D eigenvalue weighted by Crippen LogP contribution is -2.16. The van der Waals surface area contributed by atoms with Gasteiger partial charge in [0.15, 0.2) is 0 Å². The van der Waals surface area contributed by atoms with Crippen molar-refractivity contribution in [2.24, 2.45) is 0 Å². The maximum Gasteiger partial charge on any atom is 0.340 e. The number of sulfonamides is 1. The summed E-state index contributed by atoms with van der Waals surface area (Å²) in [6.45, 7) is -0.0544. The number of esters is 1. The van der Waals surface area contributed by atoms with Crippen LogP contribution in [0.3, 0.4) is 0 Å². The van der Waals surface area contributed by atoms with Crippen molar-refractivity contribution in [1.82, 2.24) is 4.98 Å². The molecule has 6 nitrogen and oxygen atoms in total. The number of hydrogen-bond donors (Lipinski definition) is 1. The van der Waals surface area contributed by atoms with Gasteiger partial charge in [-0.25, -0.2) is 22.6 Å². The molecule has 0 saturated carbocycles. The molecule has 0 bridgehead atoms. The van der Waals surface area contributed by atoms with Crippen molar-refractivity contribution in [2.75, 3.05) is 4.72 Å². The first-order valence-electron chi connectivity index (χ1n) is 9.47. The highest BCUT2D eigenvalue weighted by molar-refractivity contribution is 7.92. The number of rotatable bonds is 7. The standard InChI is InChI=1S/C23H17FN2O4S2/c24-17-10-12-19(13-11-17)32(28,29)26-21-9-5-4-8-20(21)23(27)30-14-18-15-31-22(25-18)16-6-2-1-3-7-16/h1-13,15,26H,14H2. The number of nitrogens with zero attached hydrogens (tertiary/aromatic N) is 1. The quantitative estimate of drug-likeness (QED) is 0.381. The predicted molar refractivity (Wildman–Crippen MR) is 120 cm³/mol. The molecule has 0 aliphatic heterocycles. The highest BCUT2D eigenvalue weighted by Gasteiger charge is 2.20. The number of halogens is 1. The van der Waals surface area contributed by atoms with Crippen LogP contribution in [0.4, 0.5) is 10.1 Å². The van der Waals surface area contributed by atoms with Crippen LogP contribution in [-0.4, -0.2) is 19.4 Å². The molecule has 32 heavy (non-hydrogen) atoms. The summed E-state index contributed by atoms with van der Waals surface area (Å²) in [7, 11) is -4.02. The molecule has 1 aromatic heterocycles. The van der Waals surface area contributed by atoms with Crippen LogP contribution < -0.4 is 4.72 Å². The minimum absolute atomic E-state index is 0.0525. The summed E-state index contributed by atoms with van der Waals surface area (Å²) in [6.07, 6.45) is 0. The van der Waals surface area contributed by atoms with E-state index < -0.39 is 21.8 Å². The fourth-order valence-electron chi connectivity index (χ4n) is 2.87. The van der Waals surface area contributed by atoms with E-state index >= 15 is 0 Å². The molecule has 0 aliphatic carbocycles. The number of carbonyl (C=O) groups is 1. The number of thiazole rings is 1. The van der Waals surface area contributed by atoms with Crippen molar-refractivity contribution in [3.63, 3.8) is 0 Å². The van der Waals surface area contributed by atoms with Gasteiger partial charge < -0.3 is 4.74 Å². The van der Waals surface area contributed by atoms with Gasteiger partial charge in [0.25, 0.3) is 10.0 Å². The summed E-state index contributed by atoms with van der Waals surface area (Å²) >= 11 is 1.44. The van der Waals surface area contributed by atoms with Gasteiger partial charge in [-0.15, -0.1) is 11.3 Å². The van der Waals surface area contributed by atoms with Gasteiger partial charge in [-0.2, -0.15) is 0 Å². The first kappa shape index (κ1) is 21.7. The van der Waals surface area contributed by atoms with Crippen molar-refractivity contribution in [3.8, 4) is 10.6 Å². The Morgan fingerprint density at radius 2 is 1.66 bits per heavy atom. The molecule has 0 radical (unpaired) electrons. The zero-order chi connectivity index (χ0) is 22.6. The van der Waals surface area contributed by atoms with Crippen LogP contribution in [0.2, 0.25) is 0 Å². The molecule has 0 amide bonds. The Hall–Kier alpha value is -3.56. The minimum atomic E-state index is -4.02. The maximum absolute atomic E-state index is 13.1. The van der Waals surface area contributed by atoms with E-state index in [4.69, 9.17) is 4.74 Å². The summed E-state index contributed by atoms with van der Waals surface area (Å²) in [4.78, 5) is 17.0. The minimum Gasteiger partial charge on any atom is -0.455 e. The number of nitrogens with one attached hydrogen (secondary N) is 1. The lowest BCUT2D eigenvalue weighted by Gasteiger charge is -2.12. The van der Waals surface area contributed by atoms with Crippen LogP contribution in [0.1, 0.15) is 16.1 Å². The van der Waals surface area contributed by atoms with Crippen LogP contribution in [0.15, 0.2) is 89.1 Å². The summed E-state index contributed by atoms with van der Waals surface area (Å²) in [5, 5.41) is 2.61. The van der Waals surface area contributed by atoms with Crippen molar-refractivity contribution in [2.45, 2.75) is 11.5 Å². The second kappa shape index (κ2) is 9.29. The normalized spacial score (nSPS) is 11.2. The highest BCUT2D eigenvalue weighted by atomic mass is 32.2. The fourth-order valence-corrected chi connectivity index (χ4v) is 4.76. The highest BCUT2D eigenvalue weighted by Crippen LogP contribution is 2.25. The van der Waals surface area contributed by atoms with E-state index in [1.807, 2.05) is 30.3 Å². The number of hydrogen-bond acceptors (Lipinski definition) is 6. The SMILES string of the molecule is O=C(OCc1csc(-c2ccccc2)n1)c1ccccc1NS(=O)(=O)c1ccc(F)cc1. The molecule has 0 fully saturated rings. The molecule has 0 atom stereocenters. The number of ether oxygens (including phenoxy) is 1. The monoisotopic (exact) mass is 468 g/mol. The molecule has 3 aromatic carbocycles. The van der Waals surface area contributed by atoms with Gasteiger partial charge in [-0.05, 0) is 36.4 Å². The van der Waals surface area contributed by atoms with Gasteiger partial charge >= 0.3 is 5.97 Å². The van der Waals surface area contributed by atoms with Gasteiger partial charge in [0, 0.05) is 10.9 Å².